The molecule has 1 aliphatic carbocycles. The molecule has 2 aliphatic rings. The molecule has 138 valence electrons. The van der Waals surface area contributed by atoms with E-state index in [1.807, 2.05) is 0 Å². The molecular weight excluding hydrogens is 365 g/mol. The first kappa shape index (κ1) is 18.6. The fourth-order valence-electron chi connectivity index (χ4n) is 3.62. The average molecular weight is 388 g/mol. The highest BCUT2D eigenvalue weighted by atomic mass is 35.5. The van der Waals surface area contributed by atoms with Crippen LogP contribution in [0, 0.1) is 5.82 Å². The van der Waals surface area contributed by atoms with Gasteiger partial charge < -0.3 is 4.90 Å². The van der Waals surface area contributed by atoms with Gasteiger partial charge in [0.1, 0.15) is 5.82 Å². The van der Waals surface area contributed by atoms with Crippen LogP contribution in [-0.4, -0.2) is 42.8 Å². The maximum atomic E-state index is 13.4. The third-order valence-electron chi connectivity index (χ3n) is 5.29. The number of carbonyl (C=O) groups excluding carboxylic acids is 1. The molecule has 0 aromatic heterocycles. The minimum atomic E-state index is -3.13. The van der Waals surface area contributed by atoms with Crippen LogP contribution in [0.15, 0.2) is 18.2 Å². The number of aryl methyl sites for hydroxylation is 1. The molecular formula is C18H23ClFNO3S. The van der Waals surface area contributed by atoms with E-state index >= 15 is 0 Å². The maximum Gasteiger partial charge on any atom is 0.222 e. The van der Waals surface area contributed by atoms with E-state index in [2.05, 4.69) is 0 Å². The monoisotopic (exact) mass is 387 g/mol. The number of sulfone groups is 1. The lowest BCUT2D eigenvalue weighted by Gasteiger charge is -2.41. The van der Waals surface area contributed by atoms with Crippen LogP contribution in [0.3, 0.4) is 0 Å². The third kappa shape index (κ3) is 4.17. The summed E-state index contributed by atoms with van der Waals surface area (Å²) in [7, 11) is -3.13. The number of hydrogen-bond acceptors (Lipinski definition) is 3. The van der Waals surface area contributed by atoms with E-state index < -0.39 is 20.9 Å². The van der Waals surface area contributed by atoms with Gasteiger partial charge in [0.15, 0.2) is 9.84 Å². The van der Waals surface area contributed by atoms with Gasteiger partial charge in [-0.15, -0.1) is 0 Å². The third-order valence-corrected chi connectivity index (χ3v) is 8.23. The molecule has 0 atom stereocenters. The number of likely N-dealkylation sites (tertiary alicyclic amines) is 1. The smallest absolute Gasteiger partial charge is 0.222 e. The second-order valence-corrected chi connectivity index (χ2v) is 9.94. The highest BCUT2D eigenvalue weighted by molar-refractivity contribution is 7.92. The molecule has 1 saturated carbocycles. The van der Waals surface area contributed by atoms with Crippen molar-refractivity contribution < 1.29 is 17.6 Å². The number of halogens is 2. The number of nitrogens with zero attached hydrogens (tertiary/aromatic N) is 1. The molecule has 1 aromatic rings. The zero-order valence-electron chi connectivity index (χ0n) is 14.1. The summed E-state index contributed by atoms with van der Waals surface area (Å²) in [6.45, 7) is 0.597. The van der Waals surface area contributed by atoms with Crippen LogP contribution in [0.5, 0.6) is 0 Å². The molecule has 1 heterocycles. The Kier molecular flexibility index (Phi) is 5.68. The highest BCUT2D eigenvalue weighted by Gasteiger charge is 2.43. The molecule has 0 spiro atoms. The van der Waals surface area contributed by atoms with Crippen LogP contribution in [0.25, 0.3) is 0 Å². The molecule has 0 unspecified atom stereocenters. The van der Waals surface area contributed by atoms with Gasteiger partial charge in [-0.3, -0.25) is 4.79 Å². The van der Waals surface area contributed by atoms with Gasteiger partial charge in [-0.05, 0) is 37.0 Å². The second-order valence-electron chi connectivity index (χ2n) is 7.02. The van der Waals surface area contributed by atoms with Gasteiger partial charge in [-0.1, -0.05) is 36.9 Å². The molecule has 25 heavy (non-hydrogen) atoms. The SMILES string of the molecule is O=C(CCc1ccc(Cl)c(F)c1)N1CC(S(=O)(=O)C2CCCCC2)C1. The van der Waals surface area contributed by atoms with Crippen molar-refractivity contribution in [3.05, 3.63) is 34.6 Å². The Morgan fingerprint density at radius 2 is 1.84 bits per heavy atom. The molecule has 1 saturated heterocycles. The summed E-state index contributed by atoms with van der Waals surface area (Å²) in [5, 5.41) is -0.568. The first-order valence-electron chi connectivity index (χ1n) is 8.82. The quantitative estimate of drug-likeness (QED) is 0.778. The largest absolute Gasteiger partial charge is 0.340 e. The minimum Gasteiger partial charge on any atom is -0.340 e. The Hall–Kier alpha value is -1.14. The normalized spacial score (nSPS) is 19.7. The molecule has 0 N–H and O–H groups in total. The van der Waals surface area contributed by atoms with Gasteiger partial charge in [0.2, 0.25) is 5.91 Å². The number of carbonyl (C=O) groups is 1. The number of rotatable bonds is 5. The first-order valence-corrected chi connectivity index (χ1v) is 10.8. The summed E-state index contributed by atoms with van der Waals surface area (Å²) >= 11 is 5.64. The number of amides is 1. The van der Waals surface area contributed by atoms with Gasteiger partial charge in [-0.25, -0.2) is 12.8 Å². The molecule has 0 bridgehead atoms. The van der Waals surface area contributed by atoms with Crippen molar-refractivity contribution in [1.29, 1.82) is 0 Å². The van der Waals surface area contributed by atoms with Crippen molar-refractivity contribution in [2.75, 3.05) is 13.1 Å². The number of hydrogen-bond donors (Lipinski definition) is 0. The van der Waals surface area contributed by atoms with Gasteiger partial charge in [0, 0.05) is 19.5 Å². The van der Waals surface area contributed by atoms with E-state index in [1.165, 1.54) is 12.1 Å². The van der Waals surface area contributed by atoms with E-state index in [0.717, 1.165) is 32.1 Å². The molecule has 0 radical (unpaired) electrons. The van der Waals surface area contributed by atoms with Crippen LogP contribution in [0.2, 0.25) is 5.02 Å². The Balaban J connectivity index is 1.48. The maximum absolute atomic E-state index is 13.4. The highest BCUT2D eigenvalue weighted by Crippen LogP contribution is 2.30. The second kappa shape index (κ2) is 7.62. The van der Waals surface area contributed by atoms with Gasteiger partial charge in [0.25, 0.3) is 0 Å². The van der Waals surface area contributed by atoms with E-state index in [4.69, 9.17) is 11.6 Å². The van der Waals surface area contributed by atoms with E-state index in [0.29, 0.717) is 25.1 Å². The fraction of sp³-hybridized carbons (Fsp3) is 0.611. The van der Waals surface area contributed by atoms with Gasteiger partial charge in [0.05, 0.1) is 15.5 Å². The molecule has 1 amide bonds. The summed E-state index contributed by atoms with van der Waals surface area (Å²) in [5.74, 6) is -0.570. The van der Waals surface area contributed by atoms with E-state index in [9.17, 15) is 17.6 Å². The van der Waals surface area contributed by atoms with Crippen molar-refractivity contribution in [3.8, 4) is 0 Å². The van der Waals surface area contributed by atoms with Crippen molar-refractivity contribution in [2.45, 2.75) is 55.4 Å². The molecule has 7 heteroatoms. The fourth-order valence-corrected chi connectivity index (χ4v) is 6.05. The van der Waals surface area contributed by atoms with Crippen molar-refractivity contribution in [2.24, 2.45) is 0 Å². The van der Waals surface area contributed by atoms with Crippen molar-refractivity contribution >= 4 is 27.3 Å². The van der Waals surface area contributed by atoms with E-state index in [-0.39, 0.29) is 22.6 Å². The van der Waals surface area contributed by atoms with Crippen LogP contribution in [0.4, 0.5) is 4.39 Å². The summed E-state index contributed by atoms with van der Waals surface area (Å²) in [5.41, 5.74) is 0.710. The lowest BCUT2D eigenvalue weighted by atomic mass is 10.0. The van der Waals surface area contributed by atoms with Crippen LogP contribution < -0.4 is 0 Å². The predicted octanol–water partition coefficient (Wildman–Crippen LogP) is 3.37. The predicted molar refractivity (Wildman–Crippen MR) is 95.9 cm³/mol. The number of benzene rings is 1. The molecule has 1 aromatic carbocycles. The van der Waals surface area contributed by atoms with Crippen LogP contribution in [-0.2, 0) is 21.1 Å². The Morgan fingerprint density at radius 1 is 1.16 bits per heavy atom. The Bertz CT molecular complexity index is 741. The Labute approximate surface area is 153 Å². The summed E-state index contributed by atoms with van der Waals surface area (Å²) < 4.78 is 38.6. The first-order chi connectivity index (χ1) is 11.9. The van der Waals surface area contributed by atoms with Gasteiger partial charge >= 0.3 is 0 Å². The lowest BCUT2D eigenvalue weighted by Crippen LogP contribution is -2.58. The minimum absolute atomic E-state index is 0.0635. The molecule has 2 fully saturated rings. The lowest BCUT2D eigenvalue weighted by molar-refractivity contribution is -0.134. The zero-order valence-corrected chi connectivity index (χ0v) is 15.7. The van der Waals surface area contributed by atoms with Gasteiger partial charge in [-0.2, -0.15) is 0 Å². The molecule has 1 aliphatic heterocycles. The van der Waals surface area contributed by atoms with Crippen LogP contribution >= 0.6 is 11.6 Å². The molecule has 4 nitrogen and oxygen atoms in total. The Morgan fingerprint density at radius 3 is 2.48 bits per heavy atom. The average Bonchev–Trinajstić information content (AvgIpc) is 2.55. The van der Waals surface area contributed by atoms with Crippen molar-refractivity contribution in [1.82, 2.24) is 4.90 Å². The molecule has 3 rings (SSSR count). The summed E-state index contributed by atoms with van der Waals surface area (Å²) in [6.07, 6.45) is 5.27. The van der Waals surface area contributed by atoms with E-state index in [1.54, 1.807) is 11.0 Å². The zero-order chi connectivity index (χ0) is 18.0. The topological polar surface area (TPSA) is 54.5 Å². The van der Waals surface area contributed by atoms with Crippen LogP contribution in [0.1, 0.15) is 44.1 Å². The van der Waals surface area contributed by atoms with Crippen molar-refractivity contribution in [3.63, 3.8) is 0 Å². The summed E-state index contributed by atoms with van der Waals surface area (Å²) in [6, 6.07) is 4.51. The summed E-state index contributed by atoms with van der Waals surface area (Å²) in [4.78, 5) is 13.8. The standard InChI is InChI=1S/C18H23ClFNO3S/c19-16-8-6-13(10-17(16)20)7-9-18(22)21-11-15(12-21)25(23,24)14-4-2-1-3-5-14/h6,8,10,14-15H,1-5,7,9,11-12H2.